The largest absolute Gasteiger partial charge is 0.493 e. The third-order valence-corrected chi connectivity index (χ3v) is 7.88. The van der Waals surface area contributed by atoms with Gasteiger partial charge in [-0.2, -0.15) is 0 Å². The maximum absolute atomic E-state index is 13.5. The molecule has 1 aliphatic carbocycles. The van der Waals surface area contributed by atoms with Gasteiger partial charge in [-0.1, -0.05) is 6.07 Å². The molecule has 2 aromatic rings. The van der Waals surface area contributed by atoms with Crippen LogP contribution in [0.2, 0.25) is 0 Å². The molecule has 2 fully saturated rings. The van der Waals surface area contributed by atoms with E-state index in [0.717, 1.165) is 57.7 Å². The number of amides is 1. The molecule has 0 radical (unpaired) electrons. The van der Waals surface area contributed by atoms with Crippen molar-refractivity contribution in [2.75, 3.05) is 46.9 Å². The summed E-state index contributed by atoms with van der Waals surface area (Å²) in [7, 11) is 4.23. The number of likely N-dealkylation sites (N-methyl/N-ethyl adjacent to an activating group) is 1. The zero-order valence-corrected chi connectivity index (χ0v) is 20.7. The van der Waals surface area contributed by atoms with Crippen molar-refractivity contribution in [3.8, 4) is 5.75 Å². The van der Waals surface area contributed by atoms with Crippen molar-refractivity contribution in [2.45, 2.75) is 44.7 Å². The fourth-order valence-corrected chi connectivity index (χ4v) is 5.95. The van der Waals surface area contributed by atoms with E-state index in [1.165, 1.54) is 29.5 Å². The summed E-state index contributed by atoms with van der Waals surface area (Å²) in [6.07, 6.45) is 9.27. The van der Waals surface area contributed by atoms with E-state index < -0.39 is 0 Å². The van der Waals surface area contributed by atoms with Crippen LogP contribution in [0.3, 0.4) is 0 Å². The Morgan fingerprint density at radius 2 is 1.91 bits per heavy atom. The standard InChI is InChI=1S/C28H38N4O2/c1-30(2)26-10-13-32(19-26)28(33)25-14-22(17-31(18-25)16-21-8-11-29-12-9-21)20-34-27-7-6-23-4-3-5-24(23)15-27/h6-9,11-12,15,22,25-26H,3-5,10,13-14,16-20H2,1-2H3/t22-,25+,26?/m0/s1. The molecule has 1 unspecified atom stereocenters. The lowest BCUT2D eigenvalue weighted by atomic mass is 9.88. The molecular weight excluding hydrogens is 424 g/mol. The summed E-state index contributed by atoms with van der Waals surface area (Å²) in [5, 5.41) is 0. The quantitative estimate of drug-likeness (QED) is 0.632. The van der Waals surface area contributed by atoms with Gasteiger partial charge in [-0.15, -0.1) is 0 Å². The number of rotatable bonds is 7. The average molecular weight is 463 g/mol. The fraction of sp³-hybridized carbons (Fsp3) is 0.571. The highest BCUT2D eigenvalue weighted by Gasteiger charge is 2.37. The van der Waals surface area contributed by atoms with Gasteiger partial charge in [0.1, 0.15) is 5.75 Å². The number of aryl methyl sites for hydroxylation is 2. The molecule has 3 atom stereocenters. The van der Waals surface area contributed by atoms with Gasteiger partial charge >= 0.3 is 0 Å². The van der Waals surface area contributed by atoms with Crippen molar-refractivity contribution in [1.82, 2.24) is 19.7 Å². The molecule has 3 heterocycles. The molecule has 6 heteroatoms. The van der Waals surface area contributed by atoms with Crippen LogP contribution in [-0.2, 0) is 24.2 Å². The number of carbonyl (C=O) groups excluding carboxylic acids is 1. The minimum Gasteiger partial charge on any atom is -0.493 e. The van der Waals surface area contributed by atoms with Gasteiger partial charge in [0.15, 0.2) is 0 Å². The Labute approximate surface area is 203 Å². The number of likely N-dealkylation sites (tertiary alicyclic amines) is 2. The van der Waals surface area contributed by atoms with Crippen LogP contribution in [0.15, 0.2) is 42.7 Å². The van der Waals surface area contributed by atoms with E-state index in [0.29, 0.717) is 24.5 Å². The zero-order chi connectivity index (χ0) is 23.5. The molecule has 2 aliphatic heterocycles. The summed E-state index contributed by atoms with van der Waals surface area (Å²) in [5.74, 6) is 1.67. The van der Waals surface area contributed by atoms with Gasteiger partial charge in [0.25, 0.3) is 0 Å². The van der Waals surface area contributed by atoms with E-state index in [2.05, 4.69) is 64.1 Å². The number of benzene rings is 1. The summed E-state index contributed by atoms with van der Waals surface area (Å²) in [5.41, 5.74) is 4.16. The fourth-order valence-electron chi connectivity index (χ4n) is 5.95. The molecule has 5 rings (SSSR count). The SMILES string of the molecule is CN(C)C1CCN(C(=O)[C@@H]2C[C@H](COc3ccc4c(c3)CCC4)CN(Cc3ccncc3)C2)C1. The lowest BCUT2D eigenvalue weighted by molar-refractivity contribution is -0.137. The number of piperidine rings is 1. The van der Waals surface area contributed by atoms with Gasteiger partial charge in [0.05, 0.1) is 12.5 Å². The second-order valence-electron chi connectivity index (χ2n) is 10.6. The predicted molar refractivity (Wildman–Crippen MR) is 134 cm³/mol. The van der Waals surface area contributed by atoms with Crippen LogP contribution in [0.25, 0.3) is 0 Å². The summed E-state index contributed by atoms with van der Waals surface area (Å²) in [4.78, 5) is 24.5. The monoisotopic (exact) mass is 462 g/mol. The summed E-state index contributed by atoms with van der Waals surface area (Å²) in [6.45, 7) is 5.01. The van der Waals surface area contributed by atoms with Crippen LogP contribution >= 0.6 is 0 Å². The zero-order valence-electron chi connectivity index (χ0n) is 20.7. The Hall–Kier alpha value is -2.44. The molecule has 0 bridgehead atoms. The summed E-state index contributed by atoms with van der Waals surface area (Å²) < 4.78 is 6.30. The molecule has 0 saturated carbocycles. The van der Waals surface area contributed by atoms with Gasteiger partial charge in [-0.05, 0) is 87.2 Å². The number of hydrogen-bond acceptors (Lipinski definition) is 5. The smallest absolute Gasteiger partial charge is 0.227 e. The van der Waals surface area contributed by atoms with Gasteiger partial charge in [-0.25, -0.2) is 0 Å². The van der Waals surface area contributed by atoms with Crippen LogP contribution in [0.4, 0.5) is 0 Å². The number of aromatic nitrogens is 1. The molecular formula is C28H38N4O2. The van der Waals surface area contributed by atoms with Gasteiger partial charge < -0.3 is 14.5 Å². The van der Waals surface area contributed by atoms with E-state index in [-0.39, 0.29) is 5.92 Å². The number of nitrogens with zero attached hydrogens (tertiary/aromatic N) is 4. The topological polar surface area (TPSA) is 48.9 Å². The molecule has 2 saturated heterocycles. The first-order valence-corrected chi connectivity index (χ1v) is 12.9. The van der Waals surface area contributed by atoms with Crippen molar-refractivity contribution in [2.24, 2.45) is 11.8 Å². The third kappa shape index (κ3) is 5.44. The normalized spacial score (nSPS) is 25.0. The predicted octanol–water partition coefficient (Wildman–Crippen LogP) is 3.25. The average Bonchev–Trinajstić information content (AvgIpc) is 3.52. The Morgan fingerprint density at radius 1 is 1.09 bits per heavy atom. The van der Waals surface area contributed by atoms with Crippen molar-refractivity contribution >= 4 is 5.91 Å². The summed E-state index contributed by atoms with van der Waals surface area (Å²) in [6, 6.07) is 11.2. The lowest BCUT2D eigenvalue weighted by Crippen LogP contribution is -2.48. The number of pyridine rings is 1. The molecule has 1 aromatic heterocycles. The van der Waals surface area contributed by atoms with Crippen LogP contribution in [0.1, 0.15) is 36.0 Å². The molecule has 1 amide bonds. The Kier molecular flexibility index (Phi) is 7.16. The first kappa shape index (κ1) is 23.3. The van der Waals surface area contributed by atoms with Gasteiger partial charge in [0.2, 0.25) is 5.91 Å². The van der Waals surface area contributed by atoms with Crippen LogP contribution in [0.5, 0.6) is 5.75 Å². The van der Waals surface area contributed by atoms with E-state index in [4.69, 9.17) is 4.74 Å². The minimum atomic E-state index is 0.0325. The lowest BCUT2D eigenvalue weighted by Gasteiger charge is -2.38. The number of carbonyl (C=O) groups is 1. The van der Waals surface area contributed by atoms with Crippen molar-refractivity contribution in [3.05, 3.63) is 59.4 Å². The van der Waals surface area contributed by atoms with Crippen LogP contribution in [-0.4, -0.2) is 78.5 Å². The van der Waals surface area contributed by atoms with E-state index in [9.17, 15) is 4.79 Å². The van der Waals surface area contributed by atoms with Gasteiger partial charge in [-0.3, -0.25) is 14.7 Å². The maximum Gasteiger partial charge on any atom is 0.227 e. The minimum absolute atomic E-state index is 0.0325. The second kappa shape index (κ2) is 10.4. The molecule has 1 aromatic carbocycles. The maximum atomic E-state index is 13.5. The molecule has 6 nitrogen and oxygen atoms in total. The Morgan fingerprint density at radius 3 is 2.71 bits per heavy atom. The highest BCUT2D eigenvalue weighted by Crippen LogP contribution is 2.29. The Balaban J connectivity index is 1.25. The van der Waals surface area contributed by atoms with Crippen LogP contribution in [0, 0.1) is 11.8 Å². The van der Waals surface area contributed by atoms with Crippen molar-refractivity contribution < 1.29 is 9.53 Å². The molecule has 0 spiro atoms. The number of hydrogen-bond donors (Lipinski definition) is 0. The first-order chi connectivity index (χ1) is 16.5. The van der Waals surface area contributed by atoms with Crippen LogP contribution < -0.4 is 4.74 Å². The van der Waals surface area contributed by atoms with Gasteiger partial charge in [0, 0.05) is 57.1 Å². The molecule has 0 N–H and O–H groups in total. The number of fused-ring (bicyclic) bond motifs is 1. The van der Waals surface area contributed by atoms with E-state index in [1.54, 1.807) is 0 Å². The first-order valence-electron chi connectivity index (χ1n) is 12.9. The van der Waals surface area contributed by atoms with E-state index in [1.807, 2.05) is 12.4 Å². The molecule has 182 valence electrons. The molecule has 34 heavy (non-hydrogen) atoms. The Bertz CT molecular complexity index is 980. The number of ether oxygens (including phenoxy) is 1. The van der Waals surface area contributed by atoms with E-state index >= 15 is 0 Å². The highest BCUT2D eigenvalue weighted by atomic mass is 16.5. The highest BCUT2D eigenvalue weighted by molar-refractivity contribution is 5.79. The third-order valence-electron chi connectivity index (χ3n) is 7.88. The van der Waals surface area contributed by atoms with Crippen molar-refractivity contribution in [3.63, 3.8) is 0 Å². The molecule has 3 aliphatic rings. The summed E-state index contributed by atoms with van der Waals surface area (Å²) >= 11 is 0. The van der Waals surface area contributed by atoms with Crippen molar-refractivity contribution in [1.29, 1.82) is 0 Å². The second-order valence-corrected chi connectivity index (χ2v) is 10.6.